The third-order valence-electron chi connectivity index (χ3n) is 1.58. The molecule has 2 amide bonds. The minimum absolute atomic E-state index is 0.182. The lowest BCUT2D eigenvalue weighted by molar-refractivity contribution is -0.135. The van der Waals surface area contributed by atoms with Crippen molar-refractivity contribution >= 4 is 17.8 Å². The average Bonchev–Trinajstić information content (AvgIpc) is 2.29. The Bertz CT molecular complexity index is 278. The first-order chi connectivity index (χ1) is 6.44. The summed E-state index contributed by atoms with van der Waals surface area (Å²) in [5.74, 6) is -1.18. The molecule has 0 aromatic heterocycles. The molecular formula is C8H13N3O3. The van der Waals surface area contributed by atoms with Gasteiger partial charge in [-0.25, -0.2) is 4.99 Å². The number of methoxy groups -OCH3 is 1. The second-order valence-electron chi connectivity index (χ2n) is 3.61. The van der Waals surface area contributed by atoms with Crippen molar-refractivity contribution < 1.29 is 14.3 Å². The molecule has 1 aliphatic heterocycles. The van der Waals surface area contributed by atoms with Gasteiger partial charge in [0.15, 0.2) is 0 Å². The number of carbonyl (C=O) groups excluding carboxylic acids is 2. The van der Waals surface area contributed by atoms with Crippen LogP contribution in [-0.2, 0) is 14.3 Å². The zero-order chi connectivity index (χ0) is 10.8. The first-order valence-corrected chi connectivity index (χ1v) is 4.16. The lowest BCUT2D eigenvalue weighted by atomic mass is 10.1. The van der Waals surface area contributed by atoms with Crippen molar-refractivity contribution in [2.75, 3.05) is 13.7 Å². The monoisotopic (exact) mass is 199 g/mol. The Balaban J connectivity index is 2.70. The second kappa shape index (κ2) is 3.75. The summed E-state index contributed by atoms with van der Waals surface area (Å²) in [7, 11) is 1.56. The molecule has 1 saturated heterocycles. The summed E-state index contributed by atoms with van der Waals surface area (Å²) in [6, 6.07) is 0. The summed E-state index contributed by atoms with van der Waals surface area (Å²) in [6.45, 7) is 4.07. The maximum Gasteiger partial charge on any atom is 0.316 e. The van der Waals surface area contributed by atoms with E-state index in [9.17, 15) is 9.59 Å². The standard InChI is InChI=1S/C8H13N3O3/c1-8(2,4-14-3)11-7-9-5(12)6(13)10-7/h4H2,1-3H3,(H2,9,10,11,12,13). The van der Waals surface area contributed by atoms with Crippen LogP contribution in [0, 0.1) is 0 Å². The molecule has 14 heavy (non-hydrogen) atoms. The van der Waals surface area contributed by atoms with Gasteiger partial charge in [-0.2, -0.15) is 0 Å². The minimum atomic E-state index is -0.683. The molecule has 1 fully saturated rings. The number of nitrogens with zero attached hydrogens (tertiary/aromatic N) is 1. The summed E-state index contributed by atoms with van der Waals surface area (Å²) < 4.78 is 4.94. The van der Waals surface area contributed by atoms with Crippen molar-refractivity contribution in [3.8, 4) is 0 Å². The van der Waals surface area contributed by atoms with E-state index in [1.54, 1.807) is 7.11 Å². The van der Waals surface area contributed by atoms with E-state index in [2.05, 4.69) is 15.6 Å². The van der Waals surface area contributed by atoms with Crippen molar-refractivity contribution in [1.29, 1.82) is 0 Å². The molecule has 1 aliphatic rings. The number of rotatable bonds is 3. The zero-order valence-electron chi connectivity index (χ0n) is 8.38. The van der Waals surface area contributed by atoms with Crippen LogP contribution < -0.4 is 10.6 Å². The zero-order valence-corrected chi connectivity index (χ0v) is 8.38. The van der Waals surface area contributed by atoms with E-state index in [0.717, 1.165) is 0 Å². The maximum absolute atomic E-state index is 10.8. The molecule has 0 unspecified atom stereocenters. The molecule has 0 spiro atoms. The Hall–Kier alpha value is -1.43. The Morgan fingerprint density at radius 1 is 1.29 bits per heavy atom. The number of nitrogens with one attached hydrogen (secondary N) is 2. The van der Waals surface area contributed by atoms with Crippen LogP contribution in [0.2, 0.25) is 0 Å². The van der Waals surface area contributed by atoms with Crippen LogP contribution in [-0.4, -0.2) is 37.0 Å². The predicted octanol–water partition coefficient (Wildman–Crippen LogP) is -0.987. The van der Waals surface area contributed by atoms with Crippen molar-refractivity contribution in [2.45, 2.75) is 19.4 Å². The summed E-state index contributed by atoms with van der Waals surface area (Å²) >= 11 is 0. The third-order valence-corrected chi connectivity index (χ3v) is 1.58. The molecule has 0 bridgehead atoms. The fraction of sp³-hybridized carbons (Fsp3) is 0.625. The lowest BCUT2D eigenvalue weighted by Gasteiger charge is -2.18. The van der Waals surface area contributed by atoms with Gasteiger partial charge in [0.1, 0.15) is 0 Å². The van der Waals surface area contributed by atoms with Crippen LogP contribution >= 0.6 is 0 Å². The molecule has 6 nitrogen and oxygen atoms in total. The average molecular weight is 199 g/mol. The molecule has 0 saturated carbocycles. The van der Waals surface area contributed by atoms with Gasteiger partial charge in [-0.3, -0.25) is 20.2 Å². The van der Waals surface area contributed by atoms with Gasteiger partial charge in [-0.1, -0.05) is 0 Å². The molecule has 6 heteroatoms. The highest BCUT2D eigenvalue weighted by molar-refractivity contribution is 6.45. The first-order valence-electron chi connectivity index (χ1n) is 4.16. The van der Waals surface area contributed by atoms with Gasteiger partial charge in [0.05, 0.1) is 12.1 Å². The SMILES string of the molecule is COCC(C)(C)N=C1NC(=O)C(=O)N1. The van der Waals surface area contributed by atoms with Crippen LogP contribution in [0.25, 0.3) is 0 Å². The van der Waals surface area contributed by atoms with Crippen molar-refractivity contribution in [2.24, 2.45) is 4.99 Å². The summed E-state index contributed by atoms with van der Waals surface area (Å²) in [4.78, 5) is 25.7. The highest BCUT2D eigenvalue weighted by Crippen LogP contribution is 2.08. The number of hydrogen-bond donors (Lipinski definition) is 2. The Morgan fingerprint density at radius 3 is 2.21 bits per heavy atom. The second-order valence-corrected chi connectivity index (χ2v) is 3.61. The number of ether oxygens (including phenoxy) is 1. The molecule has 0 aromatic rings. The molecule has 1 rings (SSSR count). The van der Waals surface area contributed by atoms with Crippen molar-refractivity contribution in [1.82, 2.24) is 10.6 Å². The molecule has 2 N–H and O–H groups in total. The normalized spacial score (nSPS) is 16.6. The van der Waals surface area contributed by atoms with E-state index >= 15 is 0 Å². The topological polar surface area (TPSA) is 79.8 Å². The first kappa shape index (κ1) is 10.6. The van der Waals surface area contributed by atoms with E-state index in [4.69, 9.17) is 4.74 Å². The minimum Gasteiger partial charge on any atom is -0.382 e. The number of aliphatic imine (C=N–C) groups is 1. The molecule has 1 heterocycles. The molecule has 0 radical (unpaired) electrons. The van der Waals surface area contributed by atoms with Gasteiger partial charge >= 0.3 is 11.8 Å². The van der Waals surface area contributed by atoms with E-state index in [0.29, 0.717) is 6.61 Å². The van der Waals surface area contributed by atoms with E-state index < -0.39 is 17.4 Å². The Labute approximate surface area is 81.7 Å². The van der Waals surface area contributed by atoms with Gasteiger partial charge in [0, 0.05) is 7.11 Å². The smallest absolute Gasteiger partial charge is 0.316 e. The third kappa shape index (κ3) is 2.53. The van der Waals surface area contributed by atoms with Crippen molar-refractivity contribution in [3.05, 3.63) is 0 Å². The number of guanidine groups is 1. The Morgan fingerprint density at radius 2 is 1.79 bits per heavy atom. The largest absolute Gasteiger partial charge is 0.382 e. The van der Waals surface area contributed by atoms with E-state index in [1.807, 2.05) is 13.8 Å². The molecule has 0 aliphatic carbocycles. The van der Waals surface area contributed by atoms with Gasteiger partial charge in [0.2, 0.25) is 5.96 Å². The van der Waals surface area contributed by atoms with Crippen LogP contribution in [0.1, 0.15) is 13.8 Å². The fourth-order valence-electron chi connectivity index (χ4n) is 1.10. The van der Waals surface area contributed by atoms with Gasteiger partial charge in [-0.15, -0.1) is 0 Å². The van der Waals surface area contributed by atoms with Crippen molar-refractivity contribution in [3.63, 3.8) is 0 Å². The summed E-state index contributed by atoms with van der Waals surface area (Å²) in [5.41, 5.74) is -0.477. The molecule has 78 valence electrons. The Kier molecular flexibility index (Phi) is 2.85. The lowest BCUT2D eigenvalue weighted by Crippen LogP contribution is -2.33. The maximum atomic E-state index is 10.8. The highest BCUT2D eigenvalue weighted by Gasteiger charge is 2.27. The van der Waals surface area contributed by atoms with Gasteiger partial charge < -0.3 is 4.74 Å². The van der Waals surface area contributed by atoms with E-state index in [-0.39, 0.29) is 5.96 Å². The predicted molar refractivity (Wildman–Crippen MR) is 49.7 cm³/mol. The van der Waals surface area contributed by atoms with Gasteiger partial charge in [-0.05, 0) is 13.8 Å². The van der Waals surface area contributed by atoms with Gasteiger partial charge in [0.25, 0.3) is 0 Å². The molecule has 0 atom stereocenters. The van der Waals surface area contributed by atoms with Crippen LogP contribution in [0.5, 0.6) is 0 Å². The van der Waals surface area contributed by atoms with Crippen LogP contribution in [0.3, 0.4) is 0 Å². The van der Waals surface area contributed by atoms with Crippen LogP contribution in [0.15, 0.2) is 4.99 Å². The van der Waals surface area contributed by atoms with E-state index in [1.165, 1.54) is 0 Å². The summed E-state index contributed by atoms with van der Waals surface area (Å²) in [5, 5.41) is 4.63. The molecular weight excluding hydrogens is 186 g/mol. The molecule has 0 aromatic carbocycles. The number of hydrogen-bond acceptors (Lipinski definition) is 4. The van der Waals surface area contributed by atoms with Crippen LogP contribution in [0.4, 0.5) is 0 Å². The summed E-state index contributed by atoms with van der Waals surface area (Å²) in [6.07, 6.45) is 0. The fourth-order valence-corrected chi connectivity index (χ4v) is 1.10. The number of amides is 2. The highest BCUT2D eigenvalue weighted by atomic mass is 16.5. The quantitative estimate of drug-likeness (QED) is 0.573. The number of carbonyl (C=O) groups is 2.